The van der Waals surface area contributed by atoms with Crippen LogP contribution in [0, 0.1) is 6.92 Å². The molecule has 2 aromatic carbocycles. The summed E-state index contributed by atoms with van der Waals surface area (Å²) in [5.41, 5.74) is 1.44. The number of urea groups is 1. The largest absolute Gasteiger partial charge is 0.496 e. The Bertz CT molecular complexity index is 1030. The second-order valence-electron chi connectivity index (χ2n) is 6.25. The molecule has 150 valence electrons. The summed E-state index contributed by atoms with van der Waals surface area (Å²) < 4.78 is 15.9. The maximum atomic E-state index is 13.0. The first-order valence-corrected chi connectivity index (χ1v) is 8.67. The number of imide groups is 2. The van der Waals surface area contributed by atoms with Crippen molar-refractivity contribution in [3.63, 3.8) is 0 Å². The zero-order valence-electron chi connectivity index (χ0n) is 16.4. The summed E-state index contributed by atoms with van der Waals surface area (Å²) in [7, 11) is 4.41. The number of rotatable bonds is 5. The highest BCUT2D eigenvalue weighted by atomic mass is 16.5. The highest BCUT2D eigenvalue weighted by Gasteiger charge is 2.37. The van der Waals surface area contributed by atoms with Crippen molar-refractivity contribution in [2.75, 3.05) is 26.2 Å². The minimum Gasteiger partial charge on any atom is -0.496 e. The Hall–Kier alpha value is -3.81. The topological polar surface area (TPSA) is 94.2 Å². The number of methoxy groups -OCH3 is 3. The number of amides is 4. The van der Waals surface area contributed by atoms with Crippen molar-refractivity contribution in [3.05, 3.63) is 53.1 Å². The highest BCUT2D eigenvalue weighted by molar-refractivity contribution is 6.39. The first-order valence-electron chi connectivity index (χ1n) is 8.67. The molecule has 29 heavy (non-hydrogen) atoms. The van der Waals surface area contributed by atoms with E-state index >= 15 is 0 Å². The predicted octanol–water partition coefficient (Wildman–Crippen LogP) is 2.69. The van der Waals surface area contributed by atoms with Crippen LogP contribution in [0.25, 0.3) is 6.08 Å². The molecule has 0 saturated carbocycles. The zero-order valence-corrected chi connectivity index (χ0v) is 16.4. The van der Waals surface area contributed by atoms with Gasteiger partial charge in [0, 0.05) is 11.6 Å². The Morgan fingerprint density at radius 3 is 2.17 bits per heavy atom. The van der Waals surface area contributed by atoms with Gasteiger partial charge in [-0.15, -0.1) is 0 Å². The van der Waals surface area contributed by atoms with Crippen molar-refractivity contribution in [2.45, 2.75) is 6.92 Å². The summed E-state index contributed by atoms with van der Waals surface area (Å²) in [6.45, 7) is 1.84. The van der Waals surface area contributed by atoms with E-state index in [-0.39, 0.29) is 5.57 Å². The number of hydrogen-bond donors (Lipinski definition) is 1. The van der Waals surface area contributed by atoms with Gasteiger partial charge in [-0.2, -0.15) is 0 Å². The summed E-state index contributed by atoms with van der Waals surface area (Å²) >= 11 is 0. The van der Waals surface area contributed by atoms with Crippen LogP contribution in [0.2, 0.25) is 0 Å². The summed E-state index contributed by atoms with van der Waals surface area (Å²) in [6, 6.07) is 9.23. The van der Waals surface area contributed by atoms with Crippen molar-refractivity contribution in [3.8, 4) is 17.2 Å². The molecule has 0 aliphatic carbocycles. The molecule has 0 spiro atoms. The quantitative estimate of drug-likeness (QED) is 0.617. The van der Waals surface area contributed by atoms with Crippen molar-refractivity contribution < 1.29 is 28.6 Å². The fourth-order valence-corrected chi connectivity index (χ4v) is 2.98. The first kappa shape index (κ1) is 19.9. The van der Waals surface area contributed by atoms with Gasteiger partial charge in [0.25, 0.3) is 11.8 Å². The van der Waals surface area contributed by atoms with Crippen LogP contribution in [0.15, 0.2) is 42.0 Å². The van der Waals surface area contributed by atoms with E-state index in [4.69, 9.17) is 14.2 Å². The van der Waals surface area contributed by atoms with E-state index in [2.05, 4.69) is 5.32 Å². The molecular formula is C21H20N2O6. The summed E-state index contributed by atoms with van der Waals surface area (Å²) in [5, 5.41) is 2.20. The molecule has 3 rings (SSSR count). The third-order valence-corrected chi connectivity index (χ3v) is 4.40. The minimum absolute atomic E-state index is 0.211. The third-order valence-electron chi connectivity index (χ3n) is 4.40. The van der Waals surface area contributed by atoms with Crippen LogP contribution in [0.1, 0.15) is 11.1 Å². The lowest BCUT2D eigenvalue weighted by atomic mass is 10.0. The molecule has 8 nitrogen and oxygen atoms in total. The van der Waals surface area contributed by atoms with Gasteiger partial charge in [-0.05, 0) is 36.8 Å². The van der Waals surface area contributed by atoms with E-state index in [0.29, 0.717) is 28.5 Å². The Labute approximate surface area is 167 Å². The Morgan fingerprint density at radius 2 is 1.55 bits per heavy atom. The van der Waals surface area contributed by atoms with Crippen LogP contribution in [0.5, 0.6) is 17.2 Å². The zero-order chi connectivity index (χ0) is 21.1. The smallest absolute Gasteiger partial charge is 0.335 e. The molecular weight excluding hydrogens is 376 g/mol. The molecule has 1 heterocycles. The molecule has 2 aromatic rings. The van der Waals surface area contributed by atoms with Crippen LogP contribution < -0.4 is 24.4 Å². The molecule has 0 radical (unpaired) electrons. The second kappa shape index (κ2) is 8.05. The highest BCUT2D eigenvalue weighted by Crippen LogP contribution is 2.36. The number of benzene rings is 2. The Morgan fingerprint density at radius 1 is 0.897 bits per heavy atom. The molecule has 0 aromatic heterocycles. The number of carbonyl (C=O) groups is 3. The van der Waals surface area contributed by atoms with Crippen molar-refractivity contribution >= 4 is 29.6 Å². The fraction of sp³-hybridized carbons (Fsp3) is 0.190. The van der Waals surface area contributed by atoms with Gasteiger partial charge in [0.1, 0.15) is 11.3 Å². The van der Waals surface area contributed by atoms with Gasteiger partial charge in [0.05, 0.1) is 27.0 Å². The number of nitrogens with one attached hydrogen (secondary N) is 1. The average Bonchev–Trinajstić information content (AvgIpc) is 2.70. The van der Waals surface area contributed by atoms with Crippen molar-refractivity contribution in [2.24, 2.45) is 0 Å². The van der Waals surface area contributed by atoms with Crippen LogP contribution in [-0.4, -0.2) is 39.2 Å². The predicted molar refractivity (Wildman–Crippen MR) is 106 cm³/mol. The summed E-state index contributed by atoms with van der Waals surface area (Å²) in [6.07, 6.45) is 1.35. The van der Waals surface area contributed by atoms with Gasteiger partial charge in [-0.3, -0.25) is 14.9 Å². The maximum absolute atomic E-state index is 13.0. The summed E-state index contributed by atoms with van der Waals surface area (Å²) in [5.74, 6) is -0.324. The van der Waals surface area contributed by atoms with Gasteiger partial charge < -0.3 is 14.2 Å². The van der Waals surface area contributed by atoms with E-state index in [1.807, 2.05) is 13.0 Å². The van der Waals surface area contributed by atoms with Crippen LogP contribution >= 0.6 is 0 Å². The number of ether oxygens (including phenoxy) is 3. The van der Waals surface area contributed by atoms with E-state index in [9.17, 15) is 14.4 Å². The van der Waals surface area contributed by atoms with Crippen LogP contribution in [0.4, 0.5) is 10.5 Å². The van der Waals surface area contributed by atoms with E-state index in [0.717, 1.165) is 10.5 Å². The fourth-order valence-electron chi connectivity index (χ4n) is 2.98. The van der Waals surface area contributed by atoms with Gasteiger partial charge in [0.15, 0.2) is 11.5 Å². The molecule has 0 bridgehead atoms. The number of carbonyl (C=O) groups excluding carboxylic acids is 3. The number of hydrogen-bond acceptors (Lipinski definition) is 6. The number of anilines is 1. The monoisotopic (exact) mass is 396 g/mol. The second-order valence-corrected chi connectivity index (χ2v) is 6.25. The minimum atomic E-state index is -0.804. The molecule has 0 atom stereocenters. The van der Waals surface area contributed by atoms with Gasteiger partial charge in [-0.25, -0.2) is 9.69 Å². The van der Waals surface area contributed by atoms with Gasteiger partial charge in [0.2, 0.25) is 0 Å². The maximum Gasteiger partial charge on any atom is 0.335 e. The van der Waals surface area contributed by atoms with Gasteiger partial charge >= 0.3 is 6.03 Å². The molecule has 1 N–H and O–H groups in total. The third kappa shape index (κ3) is 3.77. The molecule has 4 amide bonds. The lowest BCUT2D eigenvalue weighted by Gasteiger charge is -2.26. The van der Waals surface area contributed by atoms with Crippen molar-refractivity contribution in [1.29, 1.82) is 0 Å². The number of nitrogens with zero attached hydrogens (tertiary/aromatic N) is 1. The van der Waals surface area contributed by atoms with Crippen LogP contribution in [0.3, 0.4) is 0 Å². The van der Waals surface area contributed by atoms with Gasteiger partial charge in [-0.1, -0.05) is 12.1 Å². The Kier molecular flexibility index (Phi) is 5.54. The lowest BCUT2D eigenvalue weighted by Crippen LogP contribution is -2.54. The SMILES string of the molecule is COc1cc(OC)c(OC)cc1C=C1C(=O)NC(=O)N(c2cccc(C)c2)C1=O. The van der Waals surface area contributed by atoms with E-state index < -0.39 is 17.8 Å². The summed E-state index contributed by atoms with van der Waals surface area (Å²) in [4.78, 5) is 38.7. The Balaban J connectivity index is 2.09. The van der Waals surface area contributed by atoms with Crippen molar-refractivity contribution in [1.82, 2.24) is 5.32 Å². The number of barbiturate groups is 1. The normalized spacial score (nSPS) is 15.4. The van der Waals surface area contributed by atoms with E-state index in [1.165, 1.54) is 27.4 Å². The molecule has 1 saturated heterocycles. The standard InChI is InChI=1S/C21H20N2O6/c1-12-6-5-7-14(8-12)23-20(25)15(19(24)22-21(23)26)9-13-10-17(28-3)18(29-4)11-16(13)27-2/h5-11H,1-4H3,(H,22,24,26). The average molecular weight is 396 g/mol. The first-order chi connectivity index (χ1) is 13.9. The van der Waals surface area contributed by atoms with E-state index in [1.54, 1.807) is 30.3 Å². The molecule has 8 heteroatoms. The molecule has 1 fully saturated rings. The molecule has 1 aliphatic rings. The van der Waals surface area contributed by atoms with Crippen LogP contribution in [-0.2, 0) is 9.59 Å². The number of aryl methyl sites for hydroxylation is 1. The molecule has 0 unspecified atom stereocenters. The molecule has 1 aliphatic heterocycles. The lowest BCUT2D eigenvalue weighted by molar-refractivity contribution is -0.122.